The molecule has 2 rings (SSSR count). The maximum Gasteiger partial charge on any atom is 0.353 e. The lowest BCUT2D eigenvalue weighted by Gasteiger charge is -2.05. The molecule has 8 heavy (non-hydrogen) atoms. The Hall–Kier alpha value is -0.540. The molecule has 2 aliphatic heterocycles. The topological polar surface area (TPSA) is 42.0 Å². The highest BCUT2D eigenvalue weighted by atomic mass is 16.9. The molecule has 2 heterocycles. The summed E-state index contributed by atoms with van der Waals surface area (Å²) in [7, 11) is 0. The van der Waals surface area contributed by atoms with Crippen molar-refractivity contribution in [2.75, 3.05) is 0 Å². The molecular formula is C5H6O3. The zero-order chi connectivity index (χ0) is 5.61. The maximum absolute atomic E-state index is 8.95. The van der Waals surface area contributed by atoms with Crippen LogP contribution in [0.3, 0.4) is 0 Å². The van der Waals surface area contributed by atoms with E-state index < -0.39 is 5.97 Å². The molecule has 0 aliphatic carbocycles. The summed E-state index contributed by atoms with van der Waals surface area (Å²) in [4.78, 5) is 0. The summed E-state index contributed by atoms with van der Waals surface area (Å²) in [5, 5.41) is 8.95. The monoisotopic (exact) mass is 114 g/mol. The quantitative estimate of drug-likeness (QED) is 0.449. The van der Waals surface area contributed by atoms with Crippen LogP contribution in [0, 0.1) is 0 Å². The van der Waals surface area contributed by atoms with Gasteiger partial charge in [0.1, 0.15) is 0 Å². The Kier molecular flexibility index (Phi) is 0.578. The first-order chi connectivity index (χ1) is 3.81. The van der Waals surface area contributed by atoms with Crippen molar-refractivity contribution >= 4 is 0 Å². The number of aliphatic hydroxyl groups is 1. The molecule has 3 heteroatoms. The predicted molar refractivity (Wildman–Crippen MR) is 24.7 cm³/mol. The van der Waals surface area contributed by atoms with Gasteiger partial charge in [-0.25, -0.2) is 0 Å². The van der Waals surface area contributed by atoms with Crippen LogP contribution >= 0.6 is 0 Å². The number of epoxide rings is 1. The summed E-state index contributed by atoms with van der Waals surface area (Å²) in [5.74, 6) is -1.24. The molecule has 0 saturated carbocycles. The molecule has 0 spiro atoms. The Labute approximate surface area is 46.5 Å². The molecule has 2 atom stereocenters. The normalized spacial score (nSPS) is 49.9. The molecule has 0 radical (unpaired) electrons. The second-order valence-corrected chi connectivity index (χ2v) is 1.96. The number of ether oxygens (including phenoxy) is 2. The molecule has 0 bridgehead atoms. The highest BCUT2D eigenvalue weighted by molar-refractivity contribution is 4.97. The minimum atomic E-state index is -1.24. The first-order valence-corrected chi connectivity index (χ1v) is 2.54. The lowest BCUT2D eigenvalue weighted by atomic mass is 10.3. The smallest absolute Gasteiger partial charge is 0.353 e. The number of hydrogen-bond donors (Lipinski definition) is 1. The number of hydrogen-bond acceptors (Lipinski definition) is 3. The van der Waals surface area contributed by atoms with Gasteiger partial charge in [0.25, 0.3) is 0 Å². The van der Waals surface area contributed by atoms with E-state index in [1.54, 1.807) is 0 Å². The van der Waals surface area contributed by atoms with Crippen LogP contribution in [0.4, 0.5) is 0 Å². The molecule has 0 aromatic heterocycles. The van der Waals surface area contributed by atoms with Crippen LogP contribution in [0.1, 0.15) is 6.42 Å². The molecule has 0 amide bonds. The summed E-state index contributed by atoms with van der Waals surface area (Å²) in [6.45, 7) is 0. The van der Waals surface area contributed by atoms with Crippen molar-refractivity contribution in [1.82, 2.24) is 0 Å². The Morgan fingerprint density at radius 2 is 2.62 bits per heavy atom. The number of rotatable bonds is 0. The van der Waals surface area contributed by atoms with Crippen LogP contribution in [0.25, 0.3) is 0 Å². The van der Waals surface area contributed by atoms with Crippen LogP contribution in [-0.4, -0.2) is 17.2 Å². The Balaban J connectivity index is 2.17. The Bertz CT molecular complexity index is 143. The largest absolute Gasteiger partial charge is 0.445 e. The van der Waals surface area contributed by atoms with Crippen molar-refractivity contribution < 1.29 is 14.6 Å². The van der Waals surface area contributed by atoms with Gasteiger partial charge < -0.3 is 14.6 Å². The van der Waals surface area contributed by atoms with E-state index in [1.807, 2.05) is 6.08 Å². The van der Waals surface area contributed by atoms with Gasteiger partial charge in [-0.3, -0.25) is 0 Å². The van der Waals surface area contributed by atoms with E-state index in [2.05, 4.69) is 0 Å². The summed E-state index contributed by atoms with van der Waals surface area (Å²) < 4.78 is 9.43. The van der Waals surface area contributed by atoms with Crippen molar-refractivity contribution in [3.8, 4) is 0 Å². The van der Waals surface area contributed by atoms with Gasteiger partial charge >= 0.3 is 5.97 Å². The second-order valence-electron chi connectivity index (χ2n) is 1.96. The van der Waals surface area contributed by atoms with Crippen LogP contribution in [-0.2, 0) is 9.47 Å². The van der Waals surface area contributed by atoms with E-state index in [1.165, 1.54) is 6.26 Å². The standard InChI is InChI=1S/C5H6O3/c6-5-4(8-5)2-1-3-7-5/h1,3-4,6H,2H2. The fourth-order valence-corrected chi connectivity index (χ4v) is 0.795. The molecule has 3 nitrogen and oxygen atoms in total. The maximum atomic E-state index is 8.95. The SMILES string of the molecule is OC12OC=CCC1O2. The lowest BCUT2D eigenvalue weighted by Crippen LogP contribution is -2.17. The van der Waals surface area contributed by atoms with E-state index in [-0.39, 0.29) is 6.10 Å². The van der Waals surface area contributed by atoms with Crippen LogP contribution in [0.2, 0.25) is 0 Å². The van der Waals surface area contributed by atoms with Gasteiger partial charge in [-0.1, -0.05) is 0 Å². The third-order valence-corrected chi connectivity index (χ3v) is 1.34. The van der Waals surface area contributed by atoms with Crippen molar-refractivity contribution in [2.45, 2.75) is 18.5 Å². The molecule has 0 aromatic carbocycles. The second kappa shape index (κ2) is 1.06. The summed E-state index contributed by atoms with van der Waals surface area (Å²) >= 11 is 0. The van der Waals surface area contributed by atoms with Crippen molar-refractivity contribution in [2.24, 2.45) is 0 Å². The lowest BCUT2D eigenvalue weighted by molar-refractivity contribution is -0.158. The van der Waals surface area contributed by atoms with Gasteiger partial charge in [0.2, 0.25) is 0 Å². The molecule has 0 aromatic rings. The van der Waals surface area contributed by atoms with E-state index >= 15 is 0 Å². The highest BCUT2D eigenvalue weighted by Gasteiger charge is 2.59. The van der Waals surface area contributed by atoms with E-state index in [0.717, 1.165) is 6.42 Å². The van der Waals surface area contributed by atoms with Crippen molar-refractivity contribution in [3.05, 3.63) is 12.3 Å². The van der Waals surface area contributed by atoms with E-state index in [4.69, 9.17) is 14.6 Å². The van der Waals surface area contributed by atoms with Gasteiger partial charge in [-0.15, -0.1) is 0 Å². The fourth-order valence-electron chi connectivity index (χ4n) is 0.795. The number of fused-ring (bicyclic) bond motifs is 1. The van der Waals surface area contributed by atoms with Gasteiger partial charge in [0, 0.05) is 6.42 Å². The summed E-state index contributed by atoms with van der Waals surface area (Å²) in [6.07, 6.45) is 3.94. The van der Waals surface area contributed by atoms with E-state index in [0.29, 0.717) is 0 Å². The predicted octanol–water partition coefficient (Wildman–Crippen LogP) is -0.0347. The molecule has 1 saturated heterocycles. The van der Waals surface area contributed by atoms with Crippen LogP contribution in [0.15, 0.2) is 12.3 Å². The summed E-state index contributed by atoms with van der Waals surface area (Å²) in [5.41, 5.74) is 0. The zero-order valence-electron chi connectivity index (χ0n) is 4.20. The molecule has 2 aliphatic rings. The van der Waals surface area contributed by atoms with Crippen LogP contribution < -0.4 is 0 Å². The van der Waals surface area contributed by atoms with Crippen molar-refractivity contribution in [3.63, 3.8) is 0 Å². The first-order valence-electron chi connectivity index (χ1n) is 2.54. The fraction of sp³-hybridized carbons (Fsp3) is 0.600. The zero-order valence-corrected chi connectivity index (χ0v) is 4.20. The van der Waals surface area contributed by atoms with Gasteiger partial charge in [-0.2, -0.15) is 0 Å². The molecule has 1 fully saturated rings. The molecular weight excluding hydrogens is 108 g/mol. The minimum Gasteiger partial charge on any atom is -0.445 e. The molecule has 2 unspecified atom stereocenters. The third kappa shape index (κ3) is 0.401. The minimum absolute atomic E-state index is 0.104. The molecule has 1 N–H and O–H groups in total. The average molecular weight is 114 g/mol. The van der Waals surface area contributed by atoms with Gasteiger partial charge in [0.15, 0.2) is 6.10 Å². The average Bonchev–Trinajstić information content (AvgIpc) is 2.39. The van der Waals surface area contributed by atoms with Gasteiger partial charge in [0.05, 0.1) is 6.26 Å². The third-order valence-electron chi connectivity index (χ3n) is 1.34. The first kappa shape index (κ1) is 4.35. The highest BCUT2D eigenvalue weighted by Crippen LogP contribution is 2.40. The Morgan fingerprint density at radius 1 is 1.75 bits per heavy atom. The Morgan fingerprint density at radius 3 is 3.12 bits per heavy atom. The van der Waals surface area contributed by atoms with E-state index in [9.17, 15) is 0 Å². The summed E-state index contributed by atoms with van der Waals surface area (Å²) in [6, 6.07) is 0. The van der Waals surface area contributed by atoms with Crippen molar-refractivity contribution in [1.29, 1.82) is 0 Å². The van der Waals surface area contributed by atoms with Gasteiger partial charge in [-0.05, 0) is 6.08 Å². The van der Waals surface area contributed by atoms with Crippen LogP contribution in [0.5, 0.6) is 0 Å². The molecule has 44 valence electrons.